The fraction of sp³-hybridized carbons (Fsp3) is 0.500. The lowest BCUT2D eigenvalue weighted by Gasteiger charge is -2.22. The Kier molecular flexibility index (Phi) is 9.84. The van der Waals surface area contributed by atoms with Gasteiger partial charge in [0.05, 0.1) is 0 Å². The molecular formula is C22H34IN5. The first-order valence-electron chi connectivity index (χ1n) is 10.1. The van der Waals surface area contributed by atoms with Gasteiger partial charge in [0.15, 0.2) is 5.96 Å². The van der Waals surface area contributed by atoms with Gasteiger partial charge in [-0.1, -0.05) is 37.1 Å². The largest absolute Gasteiger partial charge is 0.357 e. The summed E-state index contributed by atoms with van der Waals surface area (Å²) in [5, 5.41) is 6.86. The Morgan fingerprint density at radius 1 is 0.964 bits per heavy atom. The van der Waals surface area contributed by atoms with Crippen molar-refractivity contribution in [1.29, 1.82) is 0 Å². The van der Waals surface area contributed by atoms with Crippen LogP contribution in [0.1, 0.15) is 42.4 Å². The van der Waals surface area contributed by atoms with Crippen LogP contribution in [0.25, 0.3) is 0 Å². The minimum Gasteiger partial charge on any atom is -0.357 e. The Morgan fingerprint density at radius 3 is 2.29 bits per heavy atom. The quantitative estimate of drug-likeness (QED) is 0.363. The van der Waals surface area contributed by atoms with Crippen LogP contribution in [0.2, 0.25) is 0 Å². The van der Waals surface area contributed by atoms with Crippen LogP contribution in [0.4, 0.5) is 0 Å². The molecule has 1 saturated heterocycles. The molecule has 1 aromatic heterocycles. The smallest absolute Gasteiger partial charge is 0.191 e. The zero-order valence-corrected chi connectivity index (χ0v) is 19.5. The van der Waals surface area contributed by atoms with Crippen LogP contribution in [0.3, 0.4) is 0 Å². The normalized spacial score (nSPS) is 15.6. The fourth-order valence-corrected chi connectivity index (χ4v) is 3.67. The van der Waals surface area contributed by atoms with Gasteiger partial charge in [0.2, 0.25) is 0 Å². The van der Waals surface area contributed by atoms with Crippen LogP contribution in [-0.4, -0.2) is 35.6 Å². The lowest BCUT2D eigenvalue weighted by molar-refractivity contribution is 0.276. The molecule has 1 aromatic carbocycles. The van der Waals surface area contributed by atoms with E-state index in [-0.39, 0.29) is 24.0 Å². The van der Waals surface area contributed by atoms with Crippen molar-refractivity contribution in [2.75, 3.05) is 20.1 Å². The molecule has 3 rings (SSSR count). The number of hydrogen-bond acceptors (Lipinski definition) is 2. The molecule has 5 nitrogen and oxygen atoms in total. The van der Waals surface area contributed by atoms with Gasteiger partial charge in [-0.2, -0.15) is 0 Å². The van der Waals surface area contributed by atoms with Crippen molar-refractivity contribution in [3.05, 3.63) is 59.4 Å². The number of aryl methyl sites for hydroxylation is 1. The van der Waals surface area contributed by atoms with Gasteiger partial charge >= 0.3 is 0 Å². The number of benzene rings is 1. The molecule has 0 amide bonds. The van der Waals surface area contributed by atoms with E-state index in [1.807, 2.05) is 14.1 Å². The van der Waals surface area contributed by atoms with E-state index in [1.165, 1.54) is 55.5 Å². The van der Waals surface area contributed by atoms with Crippen molar-refractivity contribution in [2.24, 2.45) is 12.0 Å². The van der Waals surface area contributed by atoms with Crippen molar-refractivity contribution in [2.45, 2.75) is 45.3 Å². The molecule has 2 N–H and O–H groups in total. The summed E-state index contributed by atoms with van der Waals surface area (Å²) in [5.41, 5.74) is 4.02. The predicted molar refractivity (Wildman–Crippen MR) is 128 cm³/mol. The number of rotatable bonds is 6. The Bertz CT molecular complexity index is 732. The highest BCUT2D eigenvalue weighted by Crippen LogP contribution is 2.16. The first-order valence-corrected chi connectivity index (χ1v) is 10.1. The maximum Gasteiger partial charge on any atom is 0.191 e. The average Bonchev–Trinajstić information content (AvgIpc) is 2.93. The van der Waals surface area contributed by atoms with E-state index in [9.17, 15) is 0 Å². The maximum absolute atomic E-state index is 4.36. The van der Waals surface area contributed by atoms with E-state index in [4.69, 9.17) is 0 Å². The van der Waals surface area contributed by atoms with Crippen molar-refractivity contribution in [3.8, 4) is 0 Å². The van der Waals surface area contributed by atoms with E-state index in [0.717, 1.165) is 25.6 Å². The monoisotopic (exact) mass is 495 g/mol. The Hall–Kier alpha value is -1.54. The van der Waals surface area contributed by atoms with Gasteiger partial charge in [-0.05, 0) is 48.7 Å². The third-order valence-electron chi connectivity index (χ3n) is 5.23. The molecule has 1 fully saturated rings. The predicted octanol–water partition coefficient (Wildman–Crippen LogP) is 3.88. The highest BCUT2D eigenvalue weighted by molar-refractivity contribution is 14.0. The van der Waals surface area contributed by atoms with Crippen LogP contribution in [0.15, 0.2) is 47.7 Å². The molecule has 2 aromatic rings. The van der Waals surface area contributed by atoms with Gasteiger partial charge in [0, 0.05) is 46.1 Å². The number of hydrogen-bond donors (Lipinski definition) is 2. The second-order valence-electron chi connectivity index (χ2n) is 7.42. The summed E-state index contributed by atoms with van der Waals surface area (Å²) < 4.78 is 2.06. The van der Waals surface area contributed by atoms with Gasteiger partial charge in [-0.15, -0.1) is 24.0 Å². The first-order chi connectivity index (χ1) is 13.2. The SMILES string of the molecule is CN=C(NCc1ccn(C)c1)NCc1ccccc1CN1CCCCCC1.I. The molecule has 0 saturated carbocycles. The Balaban J connectivity index is 0.00000280. The van der Waals surface area contributed by atoms with Crippen molar-refractivity contribution in [1.82, 2.24) is 20.1 Å². The lowest BCUT2D eigenvalue weighted by atomic mass is 10.1. The number of likely N-dealkylation sites (tertiary alicyclic amines) is 1. The topological polar surface area (TPSA) is 44.6 Å². The summed E-state index contributed by atoms with van der Waals surface area (Å²) in [7, 11) is 3.86. The third-order valence-corrected chi connectivity index (χ3v) is 5.23. The Labute approximate surface area is 186 Å². The number of nitrogens with zero attached hydrogens (tertiary/aromatic N) is 3. The van der Waals surface area contributed by atoms with Crippen LogP contribution in [0, 0.1) is 0 Å². The van der Waals surface area contributed by atoms with Crippen molar-refractivity contribution in [3.63, 3.8) is 0 Å². The van der Waals surface area contributed by atoms with Crippen LogP contribution >= 0.6 is 24.0 Å². The molecular weight excluding hydrogens is 461 g/mol. The van der Waals surface area contributed by atoms with Gasteiger partial charge in [-0.3, -0.25) is 9.89 Å². The molecule has 0 atom stereocenters. The summed E-state index contributed by atoms with van der Waals surface area (Å²) in [6.45, 7) is 5.06. The molecule has 154 valence electrons. The summed E-state index contributed by atoms with van der Waals surface area (Å²) in [6.07, 6.45) is 9.60. The third kappa shape index (κ3) is 7.13. The molecule has 28 heavy (non-hydrogen) atoms. The number of aliphatic imine (C=N–C) groups is 1. The number of halogens is 1. The van der Waals surface area contributed by atoms with E-state index in [0.29, 0.717) is 0 Å². The van der Waals surface area contributed by atoms with Crippen LogP contribution in [0.5, 0.6) is 0 Å². The van der Waals surface area contributed by atoms with Crippen molar-refractivity contribution < 1.29 is 0 Å². The molecule has 0 unspecified atom stereocenters. The lowest BCUT2D eigenvalue weighted by Crippen LogP contribution is -2.36. The van der Waals surface area contributed by atoms with Crippen LogP contribution in [-0.2, 0) is 26.7 Å². The maximum atomic E-state index is 4.36. The minimum atomic E-state index is 0. The van der Waals surface area contributed by atoms with Gasteiger partial charge in [0.1, 0.15) is 0 Å². The second kappa shape index (κ2) is 12.1. The highest BCUT2D eigenvalue weighted by atomic mass is 127. The van der Waals surface area contributed by atoms with Crippen molar-refractivity contribution >= 4 is 29.9 Å². The average molecular weight is 495 g/mol. The molecule has 0 aliphatic carbocycles. The second-order valence-corrected chi connectivity index (χ2v) is 7.42. The standard InChI is InChI=1S/C22H33N5.HI/c1-23-22(24-15-19-11-14-26(2)17-19)25-16-20-9-5-6-10-21(20)18-27-12-7-3-4-8-13-27;/h5-6,9-11,14,17H,3-4,7-8,12-13,15-16,18H2,1-2H3,(H2,23,24,25);1H. The number of nitrogens with one attached hydrogen (secondary N) is 2. The van der Waals surface area contributed by atoms with E-state index < -0.39 is 0 Å². The summed E-state index contributed by atoms with van der Waals surface area (Å²) in [4.78, 5) is 6.97. The molecule has 0 spiro atoms. The molecule has 1 aliphatic rings. The first kappa shape index (κ1) is 22.7. The van der Waals surface area contributed by atoms with E-state index in [2.05, 4.69) is 67.8 Å². The zero-order valence-electron chi connectivity index (χ0n) is 17.2. The molecule has 2 heterocycles. The Morgan fingerprint density at radius 2 is 1.64 bits per heavy atom. The fourth-order valence-electron chi connectivity index (χ4n) is 3.67. The summed E-state index contributed by atoms with van der Waals surface area (Å²) >= 11 is 0. The van der Waals surface area contributed by atoms with Gasteiger partial charge in [0.25, 0.3) is 0 Å². The number of aromatic nitrogens is 1. The molecule has 6 heteroatoms. The molecule has 1 aliphatic heterocycles. The van der Waals surface area contributed by atoms with E-state index in [1.54, 1.807) is 0 Å². The number of guanidine groups is 1. The molecule has 0 bridgehead atoms. The highest BCUT2D eigenvalue weighted by Gasteiger charge is 2.11. The minimum absolute atomic E-state index is 0. The van der Waals surface area contributed by atoms with Gasteiger partial charge < -0.3 is 15.2 Å². The zero-order chi connectivity index (χ0) is 18.9. The summed E-state index contributed by atoms with van der Waals surface area (Å²) in [5.74, 6) is 0.837. The summed E-state index contributed by atoms with van der Waals surface area (Å²) in [6, 6.07) is 10.9. The molecule has 0 radical (unpaired) electrons. The van der Waals surface area contributed by atoms with Gasteiger partial charge in [-0.25, -0.2) is 0 Å². The van der Waals surface area contributed by atoms with Crippen LogP contribution < -0.4 is 10.6 Å². The van der Waals surface area contributed by atoms with E-state index >= 15 is 0 Å².